The maximum atomic E-state index is 14.2. The Morgan fingerprint density at radius 2 is 1.73 bits per heavy atom. The highest BCUT2D eigenvalue weighted by Crippen LogP contribution is 2.28. The van der Waals surface area contributed by atoms with Gasteiger partial charge in [0.1, 0.15) is 12.0 Å². The number of nitrogens with zero attached hydrogens (tertiary/aromatic N) is 3. The van der Waals surface area contributed by atoms with Gasteiger partial charge in [-0.3, -0.25) is 9.80 Å². The smallest absolute Gasteiger partial charge is 0.409 e. The van der Waals surface area contributed by atoms with Crippen molar-refractivity contribution in [3.8, 4) is 6.07 Å². The van der Waals surface area contributed by atoms with Gasteiger partial charge in [0.25, 0.3) is 0 Å². The van der Waals surface area contributed by atoms with Gasteiger partial charge in [-0.15, -0.1) is 0 Å². The number of halogens is 1. The second kappa shape index (κ2) is 7.26. The average molecular weight is 309 g/mol. The Balaban J connectivity index is 3.46. The summed E-state index contributed by atoms with van der Waals surface area (Å²) in [7, 11) is 0. The predicted molar refractivity (Wildman–Crippen MR) is 74.7 cm³/mol. The van der Waals surface area contributed by atoms with Gasteiger partial charge in [0.2, 0.25) is 0 Å². The standard InChI is InChI=1S/C14H16FN3O4/c1-3-17(13(19)20)12(18(4-2)14(21)22)10-6-5-9(8-16)7-11(10)15/h5-7,12H,3-4H2,1-2H3,(H,19,20)(H,21,22). The van der Waals surface area contributed by atoms with Crippen molar-refractivity contribution in [2.75, 3.05) is 13.1 Å². The molecule has 2 amide bonds. The van der Waals surface area contributed by atoms with E-state index in [1.54, 1.807) is 6.07 Å². The molecule has 118 valence electrons. The van der Waals surface area contributed by atoms with Crippen molar-refractivity contribution in [2.24, 2.45) is 0 Å². The van der Waals surface area contributed by atoms with Crippen molar-refractivity contribution in [1.29, 1.82) is 5.26 Å². The van der Waals surface area contributed by atoms with Gasteiger partial charge in [-0.2, -0.15) is 5.26 Å². The van der Waals surface area contributed by atoms with Crippen molar-refractivity contribution in [1.82, 2.24) is 9.80 Å². The second-order valence-corrected chi connectivity index (χ2v) is 4.36. The first-order valence-corrected chi connectivity index (χ1v) is 6.56. The van der Waals surface area contributed by atoms with E-state index in [1.165, 1.54) is 26.0 Å². The molecule has 1 rings (SSSR count). The van der Waals surface area contributed by atoms with Gasteiger partial charge in [0.05, 0.1) is 11.6 Å². The van der Waals surface area contributed by atoms with Crippen molar-refractivity contribution < 1.29 is 24.2 Å². The van der Waals surface area contributed by atoms with E-state index in [-0.39, 0.29) is 24.2 Å². The van der Waals surface area contributed by atoms with Crippen LogP contribution in [0.2, 0.25) is 0 Å². The molecule has 7 nitrogen and oxygen atoms in total. The molecule has 0 aliphatic heterocycles. The molecule has 0 aliphatic rings. The molecule has 0 spiro atoms. The summed E-state index contributed by atoms with van der Waals surface area (Å²) in [5, 5.41) is 27.3. The molecule has 8 heteroatoms. The SMILES string of the molecule is CCN(C(=O)O)C(c1ccc(C#N)cc1F)N(CC)C(=O)O. The molecule has 0 bridgehead atoms. The van der Waals surface area contributed by atoms with Crippen LogP contribution >= 0.6 is 0 Å². The lowest BCUT2D eigenvalue weighted by Crippen LogP contribution is -2.46. The fraction of sp³-hybridized carbons (Fsp3) is 0.357. The Bertz CT molecular complexity index is 593. The van der Waals surface area contributed by atoms with Gasteiger partial charge in [-0.1, -0.05) is 6.07 Å². The van der Waals surface area contributed by atoms with Gasteiger partial charge in [-0.25, -0.2) is 14.0 Å². The lowest BCUT2D eigenvalue weighted by atomic mass is 10.1. The Hall–Kier alpha value is -2.82. The molecule has 0 radical (unpaired) electrons. The third-order valence-corrected chi connectivity index (χ3v) is 3.17. The fourth-order valence-electron chi connectivity index (χ4n) is 2.14. The van der Waals surface area contributed by atoms with Crippen LogP contribution in [-0.4, -0.2) is 45.3 Å². The first-order valence-electron chi connectivity index (χ1n) is 6.56. The van der Waals surface area contributed by atoms with Crippen LogP contribution in [-0.2, 0) is 0 Å². The summed E-state index contributed by atoms with van der Waals surface area (Å²) in [5.74, 6) is -0.830. The highest BCUT2D eigenvalue weighted by molar-refractivity contribution is 5.69. The molecule has 0 unspecified atom stereocenters. The van der Waals surface area contributed by atoms with E-state index in [0.717, 1.165) is 15.9 Å². The second-order valence-electron chi connectivity index (χ2n) is 4.36. The van der Waals surface area contributed by atoms with E-state index in [1.807, 2.05) is 0 Å². The van der Waals surface area contributed by atoms with Gasteiger partial charge in [0.15, 0.2) is 0 Å². The number of rotatable bonds is 5. The van der Waals surface area contributed by atoms with Crippen LogP contribution in [0.1, 0.15) is 31.1 Å². The Morgan fingerprint density at radius 3 is 2.05 bits per heavy atom. The zero-order valence-electron chi connectivity index (χ0n) is 12.2. The minimum absolute atomic E-state index is 0.0246. The van der Waals surface area contributed by atoms with Gasteiger partial charge in [0, 0.05) is 18.7 Å². The van der Waals surface area contributed by atoms with E-state index in [4.69, 9.17) is 5.26 Å². The Labute approximate surface area is 126 Å². The first kappa shape index (κ1) is 17.2. The summed E-state index contributed by atoms with van der Waals surface area (Å²) in [6, 6.07) is 5.27. The van der Waals surface area contributed by atoms with E-state index < -0.39 is 24.2 Å². The van der Waals surface area contributed by atoms with Crippen LogP contribution in [0.15, 0.2) is 18.2 Å². The van der Waals surface area contributed by atoms with Gasteiger partial charge < -0.3 is 10.2 Å². The Morgan fingerprint density at radius 1 is 1.23 bits per heavy atom. The van der Waals surface area contributed by atoms with Crippen LogP contribution in [0.4, 0.5) is 14.0 Å². The molecule has 0 fully saturated rings. The number of hydrogen-bond acceptors (Lipinski definition) is 3. The largest absolute Gasteiger partial charge is 0.465 e. The molecule has 0 saturated heterocycles. The minimum atomic E-state index is -1.36. The molecule has 0 aromatic heterocycles. The topological polar surface area (TPSA) is 105 Å². The third-order valence-electron chi connectivity index (χ3n) is 3.17. The van der Waals surface area contributed by atoms with Crippen LogP contribution in [0.25, 0.3) is 0 Å². The fourth-order valence-corrected chi connectivity index (χ4v) is 2.14. The van der Waals surface area contributed by atoms with Crippen LogP contribution in [0, 0.1) is 17.1 Å². The lowest BCUT2D eigenvalue weighted by Gasteiger charge is -2.36. The normalized spacial score (nSPS) is 10.1. The molecule has 0 aliphatic carbocycles. The van der Waals surface area contributed by atoms with Crippen molar-refractivity contribution >= 4 is 12.2 Å². The Kier molecular flexibility index (Phi) is 5.69. The van der Waals surface area contributed by atoms with E-state index >= 15 is 0 Å². The maximum absolute atomic E-state index is 14.2. The molecule has 22 heavy (non-hydrogen) atoms. The minimum Gasteiger partial charge on any atom is -0.465 e. The molecule has 0 saturated carbocycles. The molecule has 0 heterocycles. The highest BCUT2D eigenvalue weighted by Gasteiger charge is 2.33. The van der Waals surface area contributed by atoms with Gasteiger partial charge >= 0.3 is 12.2 Å². The number of benzene rings is 1. The van der Waals surface area contributed by atoms with Crippen molar-refractivity contribution in [3.05, 3.63) is 35.1 Å². The zero-order chi connectivity index (χ0) is 16.9. The zero-order valence-corrected chi connectivity index (χ0v) is 12.2. The maximum Gasteiger partial charge on any atom is 0.409 e. The van der Waals surface area contributed by atoms with Crippen LogP contribution in [0.3, 0.4) is 0 Å². The summed E-state index contributed by atoms with van der Waals surface area (Å²) >= 11 is 0. The number of hydrogen-bond donors (Lipinski definition) is 2. The predicted octanol–water partition coefficient (Wildman–Crippen LogP) is 2.70. The lowest BCUT2D eigenvalue weighted by molar-refractivity contribution is 0.0467. The number of carboxylic acid groups (broad SMARTS) is 2. The van der Waals surface area contributed by atoms with Crippen LogP contribution < -0.4 is 0 Å². The van der Waals surface area contributed by atoms with E-state index in [2.05, 4.69) is 0 Å². The van der Waals surface area contributed by atoms with Crippen molar-refractivity contribution in [2.45, 2.75) is 20.0 Å². The highest BCUT2D eigenvalue weighted by atomic mass is 19.1. The summed E-state index contributed by atoms with van der Waals surface area (Å²) in [5.41, 5.74) is -0.0516. The summed E-state index contributed by atoms with van der Waals surface area (Å²) < 4.78 is 14.2. The number of nitriles is 1. The molecule has 1 aromatic rings. The third kappa shape index (κ3) is 3.44. The van der Waals surface area contributed by atoms with E-state index in [9.17, 15) is 24.2 Å². The molecule has 1 aromatic carbocycles. The first-order chi connectivity index (χ1) is 10.4. The average Bonchev–Trinajstić information content (AvgIpc) is 2.46. The summed E-state index contributed by atoms with van der Waals surface area (Å²) in [6.45, 7) is 3.00. The number of amides is 2. The van der Waals surface area contributed by atoms with Gasteiger partial charge in [-0.05, 0) is 26.0 Å². The van der Waals surface area contributed by atoms with Crippen molar-refractivity contribution in [3.63, 3.8) is 0 Å². The molecule has 0 atom stereocenters. The molecular formula is C14H16FN3O4. The molecular weight excluding hydrogens is 293 g/mol. The summed E-state index contributed by atoms with van der Waals surface area (Å²) in [6.07, 6.45) is -4.05. The number of carbonyl (C=O) groups is 2. The van der Waals surface area contributed by atoms with Crippen LogP contribution in [0.5, 0.6) is 0 Å². The summed E-state index contributed by atoms with van der Waals surface area (Å²) in [4.78, 5) is 24.4. The molecule has 2 N–H and O–H groups in total. The monoisotopic (exact) mass is 309 g/mol. The van der Waals surface area contributed by atoms with E-state index in [0.29, 0.717) is 0 Å². The quantitative estimate of drug-likeness (QED) is 0.814.